The lowest BCUT2D eigenvalue weighted by Crippen LogP contribution is -2.30. The number of aromatic nitrogens is 2. The number of hydrogen-bond donors (Lipinski definition) is 1. The Hall–Kier alpha value is -1.46. The molecule has 0 fully saturated rings. The fourth-order valence-electron chi connectivity index (χ4n) is 1.98. The number of hydrogen-bond acceptors (Lipinski definition) is 4. The first-order valence-electron chi connectivity index (χ1n) is 6.97. The Kier molecular flexibility index (Phi) is 5.09. The molecule has 2 rings (SSSR count). The van der Waals surface area contributed by atoms with Gasteiger partial charge in [0.15, 0.2) is 0 Å². The predicted octanol–water partition coefficient (Wildman–Crippen LogP) is 2.74. The smallest absolute Gasteiger partial charge is 0.271 e. The van der Waals surface area contributed by atoms with Gasteiger partial charge in [-0.2, -0.15) is 5.10 Å². The van der Waals surface area contributed by atoms with E-state index in [0.29, 0.717) is 19.0 Å². The maximum atomic E-state index is 12.3. The molecule has 5 heteroatoms. The van der Waals surface area contributed by atoms with Crippen molar-refractivity contribution in [3.8, 4) is 10.6 Å². The Morgan fingerprint density at radius 3 is 2.85 bits per heavy atom. The van der Waals surface area contributed by atoms with Gasteiger partial charge < -0.3 is 5.32 Å². The Labute approximate surface area is 123 Å². The number of nitrogens with zero attached hydrogens (tertiary/aromatic N) is 2. The van der Waals surface area contributed by atoms with E-state index in [1.165, 1.54) is 0 Å². The van der Waals surface area contributed by atoms with Crippen molar-refractivity contribution < 1.29 is 0 Å². The summed E-state index contributed by atoms with van der Waals surface area (Å²) in [6.07, 6.45) is 0. The Morgan fingerprint density at radius 1 is 1.45 bits per heavy atom. The minimum atomic E-state index is 0.00376. The summed E-state index contributed by atoms with van der Waals surface area (Å²) in [6.45, 7) is 8.34. The van der Waals surface area contributed by atoms with E-state index >= 15 is 0 Å². The molecule has 0 unspecified atom stereocenters. The van der Waals surface area contributed by atoms with Crippen LogP contribution in [0.4, 0.5) is 0 Å². The van der Waals surface area contributed by atoms with E-state index < -0.39 is 0 Å². The first kappa shape index (κ1) is 14.9. The van der Waals surface area contributed by atoms with E-state index in [-0.39, 0.29) is 5.56 Å². The van der Waals surface area contributed by atoms with E-state index in [9.17, 15) is 4.79 Å². The highest BCUT2D eigenvalue weighted by Crippen LogP contribution is 2.22. The van der Waals surface area contributed by atoms with Crippen molar-refractivity contribution in [1.82, 2.24) is 15.1 Å². The van der Waals surface area contributed by atoms with Gasteiger partial charge in [-0.1, -0.05) is 19.9 Å². The molecule has 20 heavy (non-hydrogen) atoms. The summed E-state index contributed by atoms with van der Waals surface area (Å²) in [5.41, 5.74) is 1.66. The van der Waals surface area contributed by atoms with Gasteiger partial charge in [-0.25, -0.2) is 4.68 Å². The lowest BCUT2D eigenvalue weighted by atomic mass is 10.2. The summed E-state index contributed by atoms with van der Waals surface area (Å²) in [5, 5.41) is 9.77. The largest absolute Gasteiger partial charge is 0.312 e. The Morgan fingerprint density at radius 2 is 2.25 bits per heavy atom. The van der Waals surface area contributed by atoms with Crippen LogP contribution in [0.3, 0.4) is 0 Å². The number of thiophene rings is 1. The van der Waals surface area contributed by atoms with Crippen LogP contribution in [0, 0.1) is 5.92 Å². The van der Waals surface area contributed by atoms with Gasteiger partial charge in [0.05, 0.1) is 4.88 Å². The third kappa shape index (κ3) is 3.55. The third-order valence-corrected chi connectivity index (χ3v) is 3.88. The molecular weight excluding hydrogens is 270 g/mol. The topological polar surface area (TPSA) is 46.9 Å². The van der Waals surface area contributed by atoms with Gasteiger partial charge in [0, 0.05) is 18.7 Å². The summed E-state index contributed by atoms with van der Waals surface area (Å²) < 4.78 is 1.54. The fourth-order valence-corrected chi connectivity index (χ4v) is 2.66. The van der Waals surface area contributed by atoms with Crippen molar-refractivity contribution in [2.75, 3.05) is 6.54 Å². The molecule has 0 bridgehead atoms. The molecule has 0 spiro atoms. The minimum Gasteiger partial charge on any atom is -0.312 e. The molecule has 2 aromatic rings. The number of nitrogens with one attached hydrogen (secondary N) is 1. The van der Waals surface area contributed by atoms with Crippen molar-refractivity contribution in [1.29, 1.82) is 0 Å². The molecule has 0 aliphatic heterocycles. The van der Waals surface area contributed by atoms with E-state index in [0.717, 1.165) is 22.7 Å². The highest BCUT2D eigenvalue weighted by molar-refractivity contribution is 7.13. The van der Waals surface area contributed by atoms with Crippen LogP contribution in [0.25, 0.3) is 10.6 Å². The minimum absolute atomic E-state index is 0.00376. The fraction of sp³-hybridized carbons (Fsp3) is 0.467. The maximum absolute atomic E-state index is 12.3. The van der Waals surface area contributed by atoms with Crippen molar-refractivity contribution in [2.45, 2.75) is 33.9 Å². The molecule has 0 aromatic carbocycles. The standard InChI is InChI=1S/C15H21N3OS/c1-4-18-15(19)12(10-16-9-11(2)3)8-13(17-18)14-6-5-7-20-14/h5-8,11,16H,4,9-10H2,1-3H3. The van der Waals surface area contributed by atoms with Crippen LogP contribution in [-0.2, 0) is 13.1 Å². The van der Waals surface area contributed by atoms with Crippen LogP contribution >= 0.6 is 11.3 Å². The van der Waals surface area contributed by atoms with Gasteiger partial charge in [0.1, 0.15) is 5.69 Å². The first-order valence-corrected chi connectivity index (χ1v) is 7.85. The van der Waals surface area contributed by atoms with Crippen molar-refractivity contribution >= 4 is 11.3 Å². The number of aryl methyl sites for hydroxylation is 1. The van der Waals surface area contributed by atoms with Gasteiger partial charge in [0.25, 0.3) is 5.56 Å². The molecule has 0 aliphatic rings. The van der Waals surface area contributed by atoms with Gasteiger partial charge in [-0.3, -0.25) is 4.79 Å². The molecule has 0 saturated carbocycles. The van der Waals surface area contributed by atoms with Crippen LogP contribution in [-0.4, -0.2) is 16.3 Å². The van der Waals surface area contributed by atoms with Crippen LogP contribution in [0.2, 0.25) is 0 Å². The molecule has 0 saturated heterocycles. The monoisotopic (exact) mass is 291 g/mol. The highest BCUT2D eigenvalue weighted by atomic mass is 32.1. The van der Waals surface area contributed by atoms with Crippen molar-refractivity contribution in [3.63, 3.8) is 0 Å². The number of rotatable bonds is 6. The second kappa shape index (κ2) is 6.81. The molecule has 0 atom stereocenters. The quantitative estimate of drug-likeness (QED) is 0.890. The zero-order valence-electron chi connectivity index (χ0n) is 12.2. The second-order valence-electron chi connectivity index (χ2n) is 5.18. The van der Waals surface area contributed by atoms with E-state index in [1.807, 2.05) is 30.5 Å². The van der Waals surface area contributed by atoms with Gasteiger partial charge in [0.2, 0.25) is 0 Å². The molecule has 2 heterocycles. The summed E-state index contributed by atoms with van der Waals surface area (Å²) >= 11 is 1.64. The Bertz CT molecular complexity index is 602. The first-order chi connectivity index (χ1) is 9.61. The SMILES string of the molecule is CCn1nc(-c2cccs2)cc(CNCC(C)C)c1=O. The molecular formula is C15H21N3OS. The van der Waals surface area contributed by atoms with Gasteiger partial charge in [-0.05, 0) is 36.9 Å². The average Bonchev–Trinajstić information content (AvgIpc) is 2.94. The summed E-state index contributed by atoms with van der Waals surface area (Å²) in [7, 11) is 0. The van der Waals surface area contributed by atoms with Crippen LogP contribution in [0.5, 0.6) is 0 Å². The zero-order chi connectivity index (χ0) is 14.5. The van der Waals surface area contributed by atoms with Crippen LogP contribution < -0.4 is 10.9 Å². The van der Waals surface area contributed by atoms with Crippen LogP contribution in [0.15, 0.2) is 28.4 Å². The lowest BCUT2D eigenvalue weighted by molar-refractivity contribution is 0.542. The van der Waals surface area contributed by atoms with Gasteiger partial charge >= 0.3 is 0 Å². The molecule has 0 amide bonds. The Balaban J connectivity index is 2.30. The average molecular weight is 291 g/mol. The van der Waals surface area contributed by atoms with Crippen molar-refractivity contribution in [2.24, 2.45) is 5.92 Å². The normalized spacial score (nSPS) is 11.2. The molecule has 0 radical (unpaired) electrons. The summed E-state index contributed by atoms with van der Waals surface area (Å²) in [5.74, 6) is 0.571. The third-order valence-electron chi connectivity index (χ3n) is 2.99. The van der Waals surface area contributed by atoms with Gasteiger partial charge in [-0.15, -0.1) is 11.3 Å². The lowest BCUT2D eigenvalue weighted by Gasteiger charge is -2.10. The molecule has 0 aliphatic carbocycles. The summed E-state index contributed by atoms with van der Waals surface area (Å²) in [4.78, 5) is 13.4. The van der Waals surface area contributed by atoms with Crippen molar-refractivity contribution in [3.05, 3.63) is 39.5 Å². The molecule has 2 aromatic heterocycles. The predicted molar refractivity (Wildman–Crippen MR) is 84.0 cm³/mol. The van der Waals surface area contributed by atoms with E-state index in [1.54, 1.807) is 16.0 Å². The second-order valence-corrected chi connectivity index (χ2v) is 6.13. The van der Waals surface area contributed by atoms with E-state index in [4.69, 9.17) is 0 Å². The zero-order valence-corrected chi connectivity index (χ0v) is 13.0. The van der Waals surface area contributed by atoms with E-state index in [2.05, 4.69) is 24.3 Å². The highest BCUT2D eigenvalue weighted by Gasteiger charge is 2.09. The molecule has 108 valence electrons. The molecule has 1 N–H and O–H groups in total. The summed E-state index contributed by atoms with van der Waals surface area (Å²) in [6, 6.07) is 5.94. The molecule has 4 nitrogen and oxygen atoms in total. The van der Waals surface area contributed by atoms with Crippen LogP contribution in [0.1, 0.15) is 26.3 Å². The maximum Gasteiger partial charge on any atom is 0.271 e.